The summed E-state index contributed by atoms with van der Waals surface area (Å²) < 4.78 is 10.5. The maximum absolute atomic E-state index is 11.9. The molecule has 126 valence electrons. The highest BCUT2D eigenvalue weighted by Crippen LogP contribution is 2.21. The average Bonchev–Trinajstić information content (AvgIpc) is 3.06. The molecular formula is C15H12BrClN2O5. The Kier molecular flexibility index (Phi) is 6.39. The summed E-state index contributed by atoms with van der Waals surface area (Å²) >= 11 is 9.09. The summed E-state index contributed by atoms with van der Waals surface area (Å²) in [5.41, 5.74) is 0.112. The first-order chi connectivity index (χ1) is 11.5. The molecule has 2 aromatic rings. The van der Waals surface area contributed by atoms with Crippen molar-refractivity contribution in [2.75, 3.05) is 6.61 Å². The van der Waals surface area contributed by atoms with E-state index in [-0.39, 0.29) is 17.1 Å². The van der Waals surface area contributed by atoms with E-state index >= 15 is 0 Å². The van der Waals surface area contributed by atoms with Crippen molar-refractivity contribution in [2.45, 2.75) is 6.54 Å². The van der Waals surface area contributed by atoms with Gasteiger partial charge in [-0.3, -0.25) is 10.1 Å². The highest BCUT2D eigenvalue weighted by atomic mass is 79.9. The lowest BCUT2D eigenvalue weighted by Crippen LogP contribution is -2.41. The van der Waals surface area contributed by atoms with Crippen molar-refractivity contribution in [3.8, 4) is 0 Å². The van der Waals surface area contributed by atoms with Gasteiger partial charge >= 0.3 is 12.0 Å². The fourth-order valence-electron chi connectivity index (χ4n) is 1.65. The van der Waals surface area contributed by atoms with Crippen molar-refractivity contribution in [2.24, 2.45) is 0 Å². The number of benzene rings is 1. The highest BCUT2D eigenvalue weighted by Gasteiger charge is 2.15. The van der Waals surface area contributed by atoms with Crippen LogP contribution in [0.25, 0.3) is 0 Å². The van der Waals surface area contributed by atoms with Crippen LogP contribution in [0.2, 0.25) is 5.02 Å². The number of carbonyl (C=O) groups excluding carboxylic acids is 3. The van der Waals surface area contributed by atoms with Crippen molar-refractivity contribution in [3.05, 3.63) is 57.4 Å². The Hall–Kier alpha value is -2.32. The standard InChI is InChI=1S/C15H12BrClN2O5/c16-9-3-4-12(17)11(6-9)14(21)24-8-13(20)19-15(22)18-7-10-2-1-5-23-10/h1-6H,7-8H2,(H2,18,19,20,22). The second kappa shape index (κ2) is 8.51. The van der Waals surface area contributed by atoms with E-state index in [4.69, 9.17) is 20.8 Å². The van der Waals surface area contributed by atoms with E-state index in [0.717, 1.165) is 0 Å². The zero-order chi connectivity index (χ0) is 17.5. The first-order valence-corrected chi connectivity index (χ1v) is 7.85. The van der Waals surface area contributed by atoms with Crippen LogP contribution in [0.4, 0.5) is 4.79 Å². The molecule has 0 bridgehead atoms. The van der Waals surface area contributed by atoms with E-state index in [1.165, 1.54) is 18.4 Å². The van der Waals surface area contributed by atoms with Crippen molar-refractivity contribution in [1.82, 2.24) is 10.6 Å². The molecule has 2 rings (SSSR count). The van der Waals surface area contributed by atoms with Gasteiger partial charge in [0.25, 0.3) is 5.91 Å². The van der Waals surface area contributed by atoms with Crippen LogP contribution in [0.3, 0.4) is 0 Å². The lowest BCUT2D eigenvalue weighted by Gasteiger charge is -2.08. The normalized spacial score (nSPS) is 10.1. The van der Waals surface area contributed by atoms with E-state index in [1.807, 2.05) is 5.32 Å². The van der Waals surface area contributed by atoms with Gasteiger partial charge in [0.1, 0.15) is 5.76 Å². The molecule has 0 radical (unpaired) electrons. The van der Waals surface area contributed by atoms with E-state index in [9.17, 15) is 14.4 Å². The van der Waals surface area contributed by atoms with Crippen LogP contribution in [-0.2, 0) is 16.1 Å². The summed E-state index contributed by atoms with van der Waals surface area (Å²) in [6.07, 6.45) is 1.46. The third-order valence-electron chi connectivity index (χ3n) is 2.74. The number of rotatable bonds is 5. The molecule has 0 aliphatic carbocycles. The Morgan fingerprint density at radius 2 is 2.04 bits per heavy atom. The second-order valence-corrected chi connectivity index (χ2v) is 5.83. The maximum Gasteiger partial charge on any atom is 0.340 e. The summed E-state index contributed by atoms with van der Waals surface area (Å²) in [5.74, 6) is -1.01. The molecule has 3 amide bonds. The fraction of sp³-hybridized carbons (Fsp3) is 0.133. The van der Waals surface area contributed by atoms with Crippen LogP contribution in [0, 0.1) is 0 Å². The number of esters is 1. The highest BCUT2D eigenvalue weighted by molar-refractivity contribution is 9.10. The number of imide groups is 1. The van der Waals surface area contributed by atoms with Gasteiger partial charge in [-0.1, -0.05) is 27.5 Å². The Morgan fingerprint density at radius 1 is 1.25 bits per heavy atom. The van der Waals surface area contributed by atoms with E-state index in [0.29, 0.717) is 10.2 Å². The molecule has 1 aromatic carbocycles. The summed E-state index contributed by atoms with van der Waals surface area (Å²) in [6.45, 7) is -0.491. The smallest absolute Gasteiger partial charge is 0.340 e. The van der Waals surface area contributed by atoms with Crippen LogP contribution in [-0.4, -0.2) is 24.5 Å². The number of furan rings is 1. The predicted octanol–water partition coefficient (Wildman–Crippen LogP) is 2.88. The van der Waals surface area contributed by atoms with Gasteiger partial charge in [0, 0.05) is 4.47 Å². The van der Waals surface area contributed by atoms with Crippen molar-refractivity contribution >= 4 is 45.4 Å². The molecule has 9 heteroatoms. The number of amides is 3. The van der Waals surface area contributed by atoms with Gasteiger partial charge in [0.15, 0.2) is 6.61 Å². The van der Waals surface area contributed by atoms with Gasteiger partial charge in [-0.15, -0.1) is 0 Å². The molecule has 0 atom stereocenters. The number of urea groups is 1. The van der Waals surface area contributed by atoms with E-state index < -0.39 is 24.5 Å². The zero-order valence-electron chi connectivity index (χ0n) is 12.2. The molecule has 24 heavy (non-hydrogen) atoms. The first-order valence-electron chi connectivity index (χ1n) is 6.68. The number of hydrogen-bond acceptors (Lipinski definition) is 5. The van der Waals surface area contributed by atoms with Crippen LogP contribution < -0.4 is 10.6 Å². The fourth-order valence-corrected chi connectivity index (χ4v) is 2.21. The molecule has 0 saturated carbocycles. The second-order valence-electron chi connectivity index (χ2n) is 4.51. The van der Waals surface area contributed by atoms with Crippen LogP contribution in [0.1, 0.15) is 16.1 Å². The number of hydrogen-bond donors (Lipinski definition) is 2. The molecule has 0 saturated heterocycles. The Bertz CT molecular complexity index is 748. The van der Waals surface area contributed by atoms with Crippen LogP contribution in [0.15, 0.2) is 45.5 Å². The molecule has 1 aromatic heterocycles. The van der Waals surface area contributed by atoms with Gasteiger partial charge in [-0.25, -0.2) is 9.59 Å². The van der Waals surface area contributed by atoms with Gasteiger partial charge in [-0.2, -0.15) is 0 Å². The molecule has 0 fully saturated rings. The summed E-state index contributed by atoms with van der Waals surface area (Å²) in [6, 6.07) is 7.27. The SMILES string of the molecule is O=C(COC(=O)c1cc(Br)ccc1Cl)NC(=O)NCc1ccco1. The third-order valence-corrected chi connectivity index (χ3v) is 3.56. The number of nitrogens with one attached hydrogen (secondary N) is 2. The molecule has 1 heterocycles. The van der Waals surface area contributed by atoms with Crippen molar-refractivity contribution in [1.29, 1.82) is 0 Å². The Labute approximate surface area is 150 Å². The van der Waals surface area contributed by atoms with Crippen molar-refractivity contribution < 1.29 is 23.5 Å². The maximum atomic E-state index is 11.9. The van der Waals surface area contributed by atoms with Crippen LogP contribution >= 0.6 is 27.5 Å². The average molecular weight is 416 g/mol. The molecule has 0 aliphatic heterocycles. The topological polar surface area (TPSA) is 97.6 Å². The van der Waals surface area contributed by atoms with Gasteiger partial charge in [-0.05, 0) is 30.3 Å². The predicted molar refractivity (Wildman–Crippen MR) is 88.5 cm³/mol. The quantitative estimate of drug-likeness (QED) is 0.732. The summed E-state index contributed by atoms with van der Waals surface area (Å²) in [4.78, 5) is 35.0. The number of carbonyl (C=O) groups is 3. The lowest BCUT2D eigenvalue weighted by atomic mass is 10.2. The Morgan fingerprint density at radius 3 is 2.75 bits per heavy atom. The molecular weight excluding hydrogens is 404 g/mol. The monoisotopic (exact) mass is 414 g/mol. The summed E-state index contributed by atoms with van der Waals surface area (Å²) in [5, 5.41) is 4.64. The van der Waals surface area contributed by atoms with Gasteiger partial charge in [0.05, 0.1) is 23.4 Å². The van der Waals surface area contributed by atoms with Crippen molar-refractivity contribution in [3.63, 3.8) is 0 Å². The first kappa shape index (κ1) is 18.0. The minimum atomic E-state index is -0.772. The number of halogens is 2. The molecule has 0 unspecified atom stereocenters. The van der Waals surface area contributed by atoms with Gasteiger partial charge < -0.3 is 14.5 Å². The number of ether oxygens (including phenoxy) is 1. The van der Waals surface area contributed by atoms with E-state index in [2.05, 4.69) is 21.2 Å². The minimum Gasteiger partial charge on any atom is -0.467 e. The summed E-state index contributed by atoms with van der Waals surface area (Å²) in [7, 11) is 0. The minimum absolute atomic E-state index is 0.112. The largest absolute Gasteiger partial charge is 0.467 e. The zero-order valence-corrected chi connectivity index (χ0v) is 14.5. The molecule has 0 spiro atoms. The third kappa shape index (κ3) is 5.39. The van der Waals surface area contributed by atoms with E-state index in [1.54, 1.807) is 18.2 Å². The lowest BCUT2D eigenvalue weighted by molar-refractivity contribution is -0.123. The molecule has 0 aliphatic rings. The molecule has 7 nitrogen and oxygen atoms in total. The Balaban J connectivity index is 1.77. The van der Waals surface area contributed by atoms with Gasteiger partial charge in [0.2, 0.25) is 0 Å². The molecule has 2 N–H and O–H groups in total. The van der Waals surface area contributed by atoms with Crippen LogP contribution in [0.5, 0.6) is 0 Å².